The molecule has 0 amide bonds. The van der Waals surface area contributed by atoms with Gasteiger partial charge in [-0.05, 0) is 33.1 Å². The van der Waals surface area contributed by atoms with Gasteiger partial charge in [0.25, 0.3) is 0 Å². The minimum absolute atomic E-state index is 0.645. The second-order valence-electron chi connectivity index (χ2n) is 4.47. The Kier molecular flexibility index (Phi) is 11.4. The number of hydrogen-bond acceptors (Lipinski definition) is 0. The average molecular weight is 220 g/mol. The Bertz CT molecular complexity index is 262. The van der Waals surface area contributed by atoms with Gasteiger partial charge in [0.2, 0.25) is 0 Å². The molecule has 0 fully saturated rings. The maximum Gasteiger partial charge on any atom is -0.0287 e. The molecule has 0 aliphatic rings. The summed E-state index contributed by atoms with van der Waals surface area (Å²) < 4.78 is 0. The molecule has 0 aromatic rings. The van der Waals surface area contributed by atoms with Crippen molar-refractivity contribution in [3.8, 4) is 0 Å². The molecule has 0 heteroatoms. The fourth-order valence-corrected chi connectivity index (χ4v) is 0.810. The van der Waals surface area contributed by atoms with E-state index >= 15 is 0 Å². The summed E-state index contributed by atoms with van der Waals surface area (Å²) >= 11 is 0. The maximum atomic E-state index is 3.74. The number of rotatable bonds is 4. The van der Waals surface area contributed by atoms with Crippen LogP contribution < -0.4 is 0 Å². The van der Waals surface area contributed by atoms with Crippen LogP contribution in [0.2, 0.25) is 0 Å². The number of hydrogen-bond donors (Lipinski definition) is 0. The van der Waals surface area contributed by atoms with E-state index in [1.165, 1.54) is 11.1 Å². The highest BCUT2D eigenvalue weighted by Gasteiger charge is 1.85. The standard InChI is InChI=1S/2C8H14/c1-7(2)5-6-8(3)4;1-5-7(3)8(4)6-2/h5-6,8H,1H2,2-4H3;5H,1,6H2,2-4H3/b6-5+;8-7+. The zero-order valence-electron chi connectivity index (χ0n) is 11.9. The van der Waals surface area contributed by atoms with Crippen LogP contribution in [0.25, 0.3) is 0 Å². The molecule has 0 heterocycles. The molecule has 0 radical (unpaired) electrons. The van der Waals surface area contributed by atoms with Crippen molar-refractivity contribution >= 4 is 0 Å². The van der Waals surface area contributed by atoms with Crippen molar-refractivity contribution in [2.75, 3.05) is 0 Å². The molecule has 0 aliphatic carbocycles. The van der Waals surface area contributed by atoms with Crippen molar-refractivity contribution in [3.05, 3.63) is 48.1 Å². The lowest BCUT2D eigenvalue weighted by atomic mass is 10.1. The van der Waals surface area contributed by atoms with Gasteiger partial charge in [0.15, 0.2) is 0 Å². The van der Waals surface area contributed by atoms with E-state index in [1.807, 2.05) is 19.1 Å². The van der Waals surface area contributed by atoms with Crippen molar-refractivity contribution in [1.82, 2.24) is 0 Å². The largest absolute Gasteiger partial charge is 0.0988 e. The fraction of sp³-hybridized carbons (Fsp3) is 0.500. The summed E-state index contributed by atoms with van der Waals surface area (Å²) in [6.07, 6.45) is 7.23. The molecular formula is C16H28. The van der Waals surface area contributed by atoms with Gasteiger partial charge in [-0.25, -0.2) is 0 Å². The van der Waals surface area contributed by atoms with Crippen molar-refractivity contribution in [2.45, 2.75) is 48.0 Å². The van der Waals surface area contributed by atoms with Gasteiger partial charge in [-0.1, -0.05) is 68.9 Å². The van der Waals surface area contributed by atoms with E-state index < -0.39 is 0 Å². The fourth-order valence-electron chi connectivity index (χ4n) is 0.810. The van der Waals surface area contributed by atoms with E-state index in [1.54, 1.807) is 0 Å². The Morgan fingerprint density at radius 1 is 1.19 bits per heavy atom. The Morgan fingerprint density at radius 3 is 1.81 bits per heavy atom. The lowest BCUT2D eigenvalue weighted by molar-refractivity contribution is 0.831. The molecule has 0 atom stereocenters. The minimum atomic E-state index is 0.645. The molecule has 0 nitrogen and oxygen atoms in total. The third kappa shape index (κ3) is 13.0. The summed E-state index contributed by atoms with van der Waals surface area (Å²) in [4.78, 5) is 0. The predicted octanol–water partition coefficient (Wildman–Crippen LogP) is 5.69. The maximum absolute atomic E-state index is 3.74. The van der Waals surface area contributed by atoms with Gasteiger partial charge in [0.1, 0.15) is 0 Å². The van der Waals surface area contributed by atoms with Crippen LogP contribution in [0, 0.1) is 5.92 Å². The van der Waals surface area contributed by atoms with E-state index in [0.29, 0.717) is 5.92 Å². The van der Waals surface area contributed by atoms with E-state index in [9.17, 15) is 0 Å². The summed E-state index contributed by atoms with van der Waals surface area (Å²) in [5.74, 6) is 0.645. The van der Waals surface area contributed by atoms with Crippen LogP contribution in [0.5, 0.6) is 0 Å². The predicted molar refractivity (Wildman–Crippen MR) is 77.7 cm³/mol. The van der Waals surface area contributed by atoms with Crippen LogP contribution in [0.15, 0.2) is 48.1 Å². The third-order valence-corrected chi connectivity index (χ3v) is 2.28. The first-order valence-electron chi connectivity index (χ1n) is 5.97. The zero-order valence-corrected chi connectivity index (χ0v) is 11.9. The average Bonchev–Trinajstić information content (AvgIpc) is 2.25. The smallest absolute Gasteiger partial charge is 0.0287 e. The molecule has 0 aliphatic heterocycles. The van der Waals surface area contributed by atoms with Crippen molar-refractivity contribution < 1.29 is 0 Å². The molecule has 0 aromatic carbocycles. The first kappa shape index (κ1) is 17.4. The van der Waals surface area contributed by atoms with E-state index in [4.69, 9.17) is 0 Å². The lowest BCUT2D eigenvalue weighted by Gasteiger charge is -1.96. The van der Waals surface area contributed by atoms with Gasteiger partial charge < -0.3 is 0 Å². The van der Waals surface area contributed by atoms with Gasteiger partial charge in [-0.3, -0.25) is 0 Å². The second kappa shape index (κ2) is 10.5. The van der Waals surface area contributed by atoms with E-state index in [0.717, 1.165) is 12.0 Å². The Morgan fingerprint density at radius 2 is 1.69 bits per heavy atom. The monoisotopic (exact) mass is 220 g/mol. The highest BCUT2D eigenvalue weighted by atomic mass is 13.9. The van der Waals surface area contributed by atoms with Crippen molar-refractivity contribution in [2.24, 2.45) is 5.92 Å². The Balaban J connectivity index is 0. The van der Waals surface area contributed by atoms with Crippen LogP contribution >= 0.6 is 0 Å². The van der Waals surface area contributed by atoms with Gasteiger partial charge in [-0.15, -0.1) is 0 Å². The van der Waals surface area contributed by atoms with Crippen LogP contribution in [-0.2, 0) is 0 Å². The van der Waals surface area contributed by atoms with Gasteiger partial charge in [-0.2, -0.15) is 0 Å². The van der Waals surface area contributed by atoms with Gasteiger partial charge in [0, 0.05) is 0 Å². The molecule has 0 rings (SSSR count). The molecule has 0 N–H and O–H groups in total. The SMILES string of the molecule is C=C(C)/C=C/C(C)C.C=C/C(C)=C(\C)CC. The summed E-state index contributed by atoms with van der Waals surface area (Å²) in [7, 11) is 0. The lowest BCUT2D eigenvalue weighted by Crippen LogP contribution is -1.76. The highest BCUT2D eigenvalue weighted by Crippen LogP contribution is 2.06. The van der Waals surface area contributed by atoms with Gasteiger partial charge >= 0.3 is 0 Å². The molecule has 16 heavy (non-hydrogen) atoms. The van der Waals surface area contributed by atoms with E-state index in [2.05, 4.69) is 53.9 Å². The molecule has 0 bridgehead atoms. The van der Waals surface area contributed by atoms with Crippen molar-refractivity contribution in [1.29, 1.82) is 0 Å². The number of allylic oxidation sites excluding steroid dienone is 6. The van der Waals surface area contributed by atoms with Crippen LogP contribution in [0.3, 0.4) is 0 Å². The summed E-state index contributed by atoms with van der Waals surface area (Å²) in [6, 6.07) is 0. The quantitative estimate of drug-likeness (QED) is 0.534. The molecule has 0 unspecified atom stereocenters. The molecule has 0 saturated carbocycles. The zero-order chi connectivity index (χ0) is 13.1. The summed E-state index contributed by atoms with van der Waals surface area (Å²) in [5.41, 5.74) is 3.87. The van der Waals surface area contributed by atoms with E-state index in [-0.39, 0.29) is 0 Å². The molecule has 0 saturated heterocycles. The van der Waals surface area contributed by atoms with Crippen LogP contribution in [0.4, 0.5) is 0 Å². The second-order valence-corrected chi connectivity index (χ2v) is 4.47. The van der Waals surface area contributed by atoms with Gasteiger partial charge in [0.05, 0.1) is 0 Å². The normalized spacial score (nSPS) is 11.9. The Hall–Kier alpha value is -1.04. The highest BCUT2D eigenvalue weighted by molar-refractivity contribution is 5.19. The Labute approximate surface area is 102 Å². The molecule has 0 aromatic heterocycles. The minimum Gasteiger partial charge on any atom is -0.0988 e. The van der Waals surface area contributed by atoms with Crippen LogP contribution in [-0.4, -0.2) is 0 Å². The molecular weight excluding hydrogens is 192 g/mol. The summed E-state index contributed by atoms with van der Waals surface area (Å²) in [5, 5.41) is 0. The van der Waals surface area contributed by atoms with Crippen LogP contribution in [0.1, 0.15) is 48.0 Å². The first-order valence-corrected chi connectivity index (χ1v) is 5.97. The first-order chi connectivity index (χ1) is 7.34. The molecule has 0 spiro atoms. The molecule has 92 valence electrons. The third-order valence-electron chi connectivity index (χ3n) is 2.28. The summed E-state index contributed by atoms with van der Waals surface area (Å²) in [6.45, 7) is 20.1. The topological polar surface area (TPSA) is 0 Å². The van der Waals surface area contributed by atoms with Crippen molar-refractivity contribution in [3.63, 3.8) is 0 Å².